The molecular formula is C22H26FNO2. The van der Waals surface area contributed by atoms with Crippen molar-refractivity contribution in [3.8, 4) is 0 Å². The third-order valence-corrected chi connectivity index (χ3v) is 4.82. The molecule has 2 aromatic rings. The van der Waals surface area contributed by atoms with Crippen molar-refractivity contribution in [1.82, 2.24) is 5.32 Å². The molecule has 1 N–H and O–H groups in total. The van der Waals surface area contributed by atoms with Crippen molar-refractivity contribution in [3.63, 3.8) is 0 Å². The van der Waals surface area contributed by atoms with Gasteiger partial charge in [-0.1, -0.05) is 54.6 Å². The predicted molar refractivity (Wildman–Crippen MR) is 101 cm³/mol. The Hall–Kier alpha value is -2.01. The van der Waals surface area contributed by atoms with Crippen molar-refractivity contribution in [3.05, 3.63) is 83.7 Å². The Morgan fingerprint density at radius 3 is 2.65 bits per heavy atom. The van der Waals surface area contributed by atoms with Crippen molar-refractivity contribution in [2.75, 3.05) is 19.7 Å². The smallest absolute Gasteiger partial charge is 0.123 e. The summed E-state index contributed by atoms with van der Waals surface area (Å²) in [6, 6.07) is 16.7. The monoisotopic (exact) mass is 355 g/mol. The van der Waals surface area contributed by atoms with Gasteiger partial charge in [0.25, 0.3) is 0 Å². The van der Waals surface area contributed by atoms with Gasteiger partial charge < -0.3 is 14.8 Å². The Morgan fingerprint density at radius 2 is 1.92 bits per heavy atom. The lowest BCUT2D eigenvalue weighted by atomic mass is 9.82. The first-order chi connectivity index (χ1) is 12.7. The maximum atomic E-state index is 13.5. The fourth-order valence-corrected chi connectivity index (χ4v) is 3.39. The molecule has 0 radical (unpaired) electrons. The van der Waals surface area contributed by atoms with Crippen LogP contribution in [-0.2, 0) is 21.7 Å². The van der Waals surface area contributed by atoms with E-state index in [0.29, 0.717) is 19.8 Å². The van der Waals surface area contributed by atoms with E-state index in [-0.39, 0.29) is 11.9 Å². The van der Waals surface area contributed by atoms with Crippen molar-refractivity contribution >= 4 is 0 Å². The van der Waals surface area contributed by atoms with E-state index in [9.17, 15) is 4.39 Å². The van der Waals surface area contributed by atoms with E-state index in [4.69, 9.17) is 9.47 Å². The topological polar surface area (TPSA) is 30.5 Å². The first kappa shape index (κ1) is 18.8. The van der Waals surface area contributed by atoms with Crippen LogP contribution in [0.1, 0.15) is 24.5 Å². The number of ether oxygens (including phenoxy) is 2. The number of nitrogens with one attached hydrogen (secondary N) is 1. The summed E-state index contributed by atoms with van der Waals surface area (Å²) in [7, 11) is 0. The van der Waals surface area contributed by atoms with Crippen LogP contribution in [0.2, 0.25) is 0 Å². The minimum absolute atomic E-state index is 0.151. The Morgan fingerprint density at radius 1 is 1.15 bits per heavy atom. The number of halogens is 1. The van der Waals surface area contributed by atoms with Crippen molar-refractivity contribution < 1.29 is 13.9 Å². The van der Waals surface area contributed by atoms with Gasteiger partial charge in [0.2, 0.25) is 0 Å². The van der Waals surface area contributed by atoms with Crippen LogP contribution in [0.4, 0.5) is 4.39 Å². The van der Waals surface area contributed by atoms with Crippen LogP contribution < -0.4 is 5.32 Å². The van der Waals surface area contributed by atoms with E-state index in [1.807, 2.05) is 49.4 Å². The molecule has 2 aromatic carbocycles. The molecule has 3 nitrogen and oxygen atoms in total. The van der Waals surface area contributed by atoms with Crippen LogP contribution in [0, 0.1) is 5.82 Å². The lowest BCUT2D eigenvalue weighted by Gasteiger charge is -2.44. The van der Waals surface area contributed by atoms with E-state index in [2.05, 4.69) is 17.4 Å². The Balaban J connectivity index is 1.89. The van der Waals surface area contributed by atoms with Crippen LogP contribution in [0.15, 0.2) is 66.7 Å². The highest BCUT2D eigenvalue weighted by Gasteiger charge is 2.44. The predicted octanol–water partition coefficient (Wildman–Crippen LogP) is 4.19. The molecule has 1 heterocycles. The van der Waals surface area contributed by atoms with Crippen molar-refractivity contribution in [2.45, 2.75) is 31.7 Å². The van der Waals surface area contributed by atoms with Crippen LogP contribution in [0.3, 0.4) is 0 Å². The molecule has 2 atom stereocenters. The molecule has 1 fully saturated rings. The lowest BCUT2D eigenvalue weighted by Crippen LogP contribution is -2.54. The second kappa shape index (κ2) is 9.08. The van der Waals surface area contributed by atoms with Crippen LogP contribution in [-0.4, -0.2) is 25.8 Å². The molecule has 4 heteroatoms. The Kier molecular flexibility index (Phi) is 6.56. The van der Waals surface area contributed by atoms with E-state index < -0.39 is 5.60 Å². The summed E-state index contributed by atoms with van der Waals surface area (Å²) < 4.78 is 26.1. The third-order valence-electron chi connectivity index (χ3n) is 4.82. The number of hydrogen-bond donors (Lipinski definition) is 1. The highest BCUT2D eigenvalue weighted by Crippen LogP contribution is 2.38. The van der Waals surface area contributed by atoms with Gasteiger partial charge in [0, 0.05) is 6.54 Å². The molecule has 3 rings (SSSR count). The molecule has 0 amide bonds. The maximum absolute atomic E-state index is 13.5. The van der Waals surface area contributed by atoms with Crippen LogP contribution in [0.25, 0.3) is 0 Å². The number of benzene rings is 2. The highest BCUT2D eigenvalue weighted by molar-refractivity contribution is 5.27. The molecule has 0 unspecified atom stereocenters. The molecule has 0 saturated carbocycles. The minimum Gasteiger partial charge on any atom is -0.369 e. The molecule has 0 aliphatic carbocycles. The SMILES string of the molecule is CC=CCO[C@H]1CNCC[C@@]1(OCc1ccccc1)c1ccc(F)cc1. The number of rotatable bonds is 7. The Labute approximate surface area is 154 Å². The largest absolute Gasteiger partial charge is 0.369 e. The number of piperidine rings is 1. The van der Waals surface area contributed by atoms with E-state index in [0.717, 1.165) is 24.1 Å². The first-order valence-corrected chi connectivity index (χ1v) is 9.12. The van der Waals surface area contributed by atoms with Gasteiger partial charge in [-0.15, -0.1) is 0 Å². The summed E-state index contributed by atoms with van der Waals surface area (Å²) >= 11 is 0. The van der Waals surface area contributed by atoms with Gasteiger partial charge in [-0.2, -0.15) is 0 Å². The normalized spacial score (nSPS) is 23.4. The molecule has 0 aromatic heterocycles. The van der Waals surface area contributed by atoms with E-state index in [1.54, 1.807) is 0 Å². The molecular weight excluding hydrogens is 329 g/mol. The van der Waals surface area contributed by atoms with Gasteiger partial charge in [-0.3, -0.25) is 0 Å². The zero-order valence-electron chi connectivity index (χ0n) is 15.2. The molecule has 26 heavy (non-hydrogen) atoms. The van der Waals surface area contributed by atoms with Gasteiger partial charge in [-0.25, -0.2) is 4.39 Å². The first-order valence-electron chi connectivity index (χ1n) is 9.12. The summed E-state index contributed by atoms with van der Waals surface area (Å²) in [5, 5.41) is 3.39. The number of allylic oxidation sites excluding steroid dienone is 1. The van der Waals surface area contributed by atoms with Crippen molar-refractivity contribution in [1.29, 1.82) is 0 Å². The van der Waals surface area contributed by atoms with Gasteiger partial charge in [0.05, 0.1) is 13.2 Å². The fraction of sp³-hybridized carbons (Fsp3) is 0.364. The summed E-state index contributed by atoms with van der Waals surface area (Å²) in [4.78, 5) is 0. The van der Waals surface area contributed by atoms with Gasteiger partial charge in [0.15, 0.2) is 0 Å². The fourth-order valence-electron chi connectivity index (χ4n) is 3.39. The average Bonchev–Trinajstić information content (AvgIpc) is 2.69. The second-order valence-electron chi connectivity index (χ2n) is 6.52. The summed E-state index contributed by atoms with van der Waals surface area (Å²) in [5.74, 6) is -0.243. The van der Waals surface area contributed by atoms with Crippen LogP contribution in [0.5, 0.6) is 0 Å². The molecule has 1 aliphatic rings. The highest BCUT2D eigenvalue weighted by atomic mass is 19.1. The molecule has 0 bridgehead atoms. The quantitative estimate of drug-likeness (QED) is 0.756. The summed E-state index contributed by atoms with van der Waals surface area (Å²) in [6.07, 6.45) is 4.58. The van der Waals surface area contributed by atoms with Crippen molar-refractivity contribution in [2.24, 2.45) is 0 Å². The average molecular weight is 355 g/mol. The van der Waals surface area contributed by atoms with E-state index in [1.165, 1.54) is 12.1 Å². The molecule has 1 saturated heterocycles. The Bertz CT molecular complexity index is 702. The molecule has 138 valence electrons. The zero-order chi connectivity index (χ0) is 18.2. The summed E-state index contributed by atoms with van der Waals surface area (Å²) in [5.41, 5.74) is 1.47. The number of hydrogen-bond acceptors (Lipinski definition) is 3. The second-order valence-corrected chi connectivity index (χ2v) is 6.52. The maximum Gasteiger partial charge on any atom is 0.123 e. The summed E-state index contributed by atoms with van der Waals surface area (Å²) in [6.45, 7) is 4.52. The van der Waals surface area contributed by atoms with Gasteiger partial charge >= 0.3 is 0 Å². The van der Waals surface area contributed by atoms with Gasteiger partial charge in [0.1, 0.15) is 17.5 Å². The van der Waals surface area contributed by atoms with Crippen LogP contribution >= 0.6 is 0 Å². The molecule has 1 aliphatic heterocycles. The lowest BCUT2D eigenvalue weighted by molar-refractivity contribution is -0.168. The molecule has 0 spiro atoms. The zero-order valence-corrected chi connectivity index (χ0v) is 15.2. The standard InChI is InChI=1S/C22H26FNO2/c1-2-3-15-25-21-16-24-14-13-22(21,19-9-11-20(23)12-10-19)26-17-18-7-5-4-6-8-18/h2-12,21,24H,13-17H2,1H3/t21-,22+/m0/s1. The van der Waals surface area contributed by atoms with Gasteiger partial charge in [-0.05, 0) is 43.1 Å². The van der Waals surface area contributed by atoms with E-state index >= 15 is 0 Å². The minimum atomic E-state index is -0.601. The third kappa shape index (κ3) is 4.39.